The fraction of sp³-hybridized carbons (Fsp3) is 0.722. The van der Waals surface area contributed by atoms with Crippen molar-refractivity contribution >= 4 is 0 Å². The van der Waals surface area contributed by atoms with Gasteiger partial charge >= 0.3 is 0 Å². The fourth-order valence-electron chi connectivity index (χ4n) is 3.63. The van der Waals surface area contributed by atoms with E-state index in [1.165, 1.54) is 50.5 Å². The van der Waals surface area contributed by atoms with Crippen LogP contribution in [0.3, 0.4) is 0 Å². The molecule has 2 rings (SSSR count). The Labute approximate surface area is 124 Å². The maximum atomic E-state index is 4.31. The van der Waals surface area contributed by atoms with Gasteiger partial charge in [0.05, 0.1) is 0 Å². The zero-order chi connectivity index (χ0) is 14.2. The second-order valence-electron chi connectivity index (χ2n) is 6.29. The van der Waals surface area contributed by atoms with Crippen LogP contribution >= 0.6 is 0 Å². The van der Waals surface area contributed by atoms with E-state index in [-0.39, 0.29) is 0 Å². The highest BCUT2D eigenvalue weighted by molar-refractivity contribution is 5.15. The molecule has 1 aromatic rings. The van der Waals surface area contributed by atoms with Gasteiger partial charge in [0, 0.05) is 18.4 Å². The van der Waals surface area contributed by atoms with E-state index in [0.29, 0.717) is 6.04 Å². The van der Waals surface area contributed by atoms with Crippen LogP contribution in [0.5, 0.6) is 0 Å². The summed E-state index contributed by atoms with van der Waals surface area (Å²) in [6.07, 6.45) is 13.5. The van der Waals surface area contributed by atoms with Crippen molar-refractivity contribution in [3.63, 3.8) is 0 Å². The molecule has 1 N–H and O–H groups in total. The normalized spacial score (nSPS) is 24.5. The smallest absolute Gasteiger partial charge is 0.0363 e. The van der Waals surface area contributed by atoms with E-state index in [4.69, 9.17) is 0 Å². The molecular formula is C18H30N2. The highest BCUT2D eigenvalue weighted by Gasteiger charge is 2.27. The predicted molar refractivity (Wildman–Crippen MR) is 85.6 cm³/mol. The summed E-state index contributed by atoms with van der Waals surface area (Å²) in [4.78, 5) is 4.31. The van der Waals surface area contributed by atoms with Crippen molar-refractivity contribution in [1.82, 2.24) is 10.3 Å². The summed E-state index contributed by atoms with van der Waals surface area (Å²) in [5, 5.41) is 3.76. The van der Waals surface area contributed by atoms with Crippen molar-refractivity contribution in [1.29, 1.82) is 0 Å². The lowest BCUT2D eigenvalue weighted by atomic mass is 9.75. The van der Waals surface area contributed by atoms with Crippen LogP contribution in [0.2, 0.25) is 0 Å². The standard InChI is InChI=1S/C18H30N2/c1-3-6-15-8-10-16(11-9-15)18(20-12-4-2)17-7-5-13-19-14-17/h5,7,13-16,18,20H,3-4,6,8-12H2,1-2H3. The fourth-order valence-corrected chi connectivity index (χ4v) is 3.63. The van der Waals surface area contributed by atoms with Crippen LogP contribution in [0.15, 0.2) is 24.5 Å². The molecule has 0 aliphatic heterocycles. The molecule has 1 atom stereocenters. The quantitative estimate of drug-likeness (QED) is 0.777. The number of hydrogen-bond donors (Lipinski definition) is 1. The van der Waals surface area contributed by atoms with E-state index in [1.807, 2.05) is 12.4 Å². The predicted octanol–water partition coefficient (Wildman–Crippen LogP) is 4.73. The van der Waals surface area contributed by atoms with Gasteiger partial charge in [-0.15, -0.1) is 0 Å². The minimum atomic E-state index is 0.506. The molecule has 1 fully saturated rings. The monoisotopic (exact) mass is 274 g/mol. The van der Waals surface area contributed by atoms with Gasteiger partial charge in [0.15, 0.2) is 0 Å². The van der Waals surface area contributed by atoms with Gasteiger partial charge in [-0.2, -0.15) is 0 Å². The third-order valence-corrected chi connectivity index (χ3v) is 4.72. The molecule has 2 nitrogen and oxygen atoms in total. The van der Waals surface area contributed by atoms with Crippen LogP contribution in [0, 0.1) is 11.8 Å². The van der Waals surface area contributed by atoms with Crippen LogP contribution in [-0.4, -0.2) is 11.5 Å². The second-order valence-corrected chi connectivity index (χ2v) is 6.29. The Morgan fingerprint density at radius 3 is 2.60 bits per heavy atom. The largest absolute Gasteiger partial charge is 0.310 e. The molecule has 1 aliphatic carbocycles. The average Bonchev–Trinajstić information content (AvgIpc) is 2.51. The van der Waals surface area contributed by atoms with Crippen molar-refractivity contribution in [2.75, 3.05) is 6.54 Å². The molecule has 112 valence electrons. The van der Waals surface area contributed by atoms with Crippen molar-refractivity contribution in [3.05, 3.63) is 30.1 Å². The van der Waals surface area contributed by atoms with Gasteiger partial charge in [-0.1, -0.05) is 45.6 Å². The maximum absolute atomic E-state index is 4.31. The molecule has 1 saturated carbocycles. The van der Waals surface area contributed by atoms with Gasteiger partial charge in [-0.3, -0.25) is 4.98 Å². The number of aromatic nitrogens is 1. The third-order valence-electron chi connectivity index (χ3n) is 4.72. The number of nitrogens with one attached hydrogen (secondary N) is 1. The van der Waals surface area contributed by atoms with Crippen LogP contribution < -0.4 is 5.32 Å². The first-order chi connectivity index (χ1) is 9.85. The first kappa shape index (κ1) is 15.5. The minimum absolute atomic E-state index is 0.506. The highest BCUT2D eigenvalue weighted by Crippen LogP contribution is 2.38. The van der Waals surface area contributed by atoms with Crippen molar-refractivity contribution in [3.8, 4) is 0 Å². The Morgan fingerprint density at radius 2 is 2.00 bits per heavy atom. The second kappa shape index (κ2) is 8.41. The van der Waals surface area contributed by atoms with E-state index in [1.54, 1.807) is 0 Å². The summed E-state index contributed by atoms with van der Waals surface area (Å²) >= 11 is 0. The molecule has 0 amide bonds. The van der Waals surface area contributed by atoms with Gasteiger partial charge in [-0.05, 0) is 49.3 Å². The zero-order valence-electron chi connectivity index (χ0n) is 13.1. The van der Waals surface area contributed by atoms with E-state index < -0.39 is 0 Å². The Kier molecular flexibility index (Phi) is 6.52. The lowest BCUT2D eigenvalue weighted by Gasteiger charge is -2.34. The topological polar surface area (TPSA) is 24.9 Å². The molecule has 0 bridgehead atoms. The van der Waals surface area contributed by atoms with Gasteiger partial charge in [-0.25, -0.2) is 0 Å². The van der Waals surface area contributed by atoms with Crippen LogP contribution in [0.4, 0.5) is 0 Å². The summed E-state index contributed by atoms with van der Waals surface area (Å²) in [6.45, 7) is 5.66. The molecule has 1 unspecified atom stereocenters. The number of nitrogens with zero attached hydrogens (tertiary/aromatic N) is 1. The molecule has 20 heavy (non-hydrogen) atoms. The van der Waals surface area contributed by atoms with E-state index in [2.05, 4.69) is 36.3 Å². The summed E-state index contributed by atoms with van der Waals surface area (Å²) in [5.41, 5.74) is 1.37. The molecule has 0 spiro atoms. The van der Waals surface area contributed by atoms with Gasteiger partial charge in [0.1, 0.15) is 0 Å². The third kappa shape index (κ3) is 4.31. The maximum Gasteiger partial charge on any atom is 0.0363 e. The Hall–Kier alpha value is -0.890. The summed E-state index contributed by atoms with van der Waals surface area (Å²) in [5.74, 6) is 1.77. The molecule has 0 aromatic carbocycles. The van der Waals surface area contributed by atoms with Crippen LogP contribution in [-0.2, 0) is 0 Å². The average molecular weight is 274 g/mol. The number of rotatable bonds is 7. The van der Waals surface area contributed by atoms with Gasteiger partial charge < -0.3 is 5.32 Å². The van der Waals surface area contributed by atoms with E-state index in [0.717, 1.165) is 18.4 Å². The van der Waals surface area contributed by atoms with Crippen molar-refractivity contribution in [2.45, 2.75) is 64.8 Å². The molecule has 0 saturated heterocycles. The Morgan fingerprint density at radius 1 is 1.20 bits per heavy atom. The van der Waals surface area contributed by atoms with Crippen molar-refractivity contribution < 1.29 is 0 Å². The number of hydrogen-bond acceptors (Lipinski definition) is 2. The molecule has 1 aliphatic rings. The first-order valence-electron chi connectivity index (χ1n) is 8.48. The highest BCUT2D eigenvalue weighted by atomic mass is 14.9. The van der Waals surface area contributed by atoms with Crippen molar-refractivity contribution in [2.24, 2.45) is 11.8 Å². The van der Waals surface area contributed by atoms with Crippen LogP contribution in [0.25, 0.3) is 0 Å². The Bertz CT molecular complexity index is 355. The van der Waals surface area contributed by atoms with Gasteiger partial charge in [0.2, 0.25) is 0 Å². The van der Waals surface area contributed by atoms with Crippen LogP contribution in [0.1, 0.15) is 70.4 Å². The molecule has 1 aromatic heterocycles. The van der Waals surface area contributed by atoms with Gasteiger partial charge in [0.25, 0.3) is 0 Å². The molecular weight excluding hydrogens is 244 g/mol. The molecule has 1 heterocycles. The lowest BCUT2D eigenvalue weighted by molar-refractivity contribution is 0.214. The number of pyridine rings is 1. The lowest BCUT2D eigenvalue weighted by Crippen LogP contribution is -2.31. The summed E-state index contributed by atoms with van der Waals surface area (Å²) in [6, 6.07) is 4.81. The molecule has 2 heteroatoms. The molecule has 0 radical (unpaired) electrons. The minimum Gasteiger partial charge on any atom is -0.310 e. The first-order valence-corrected chi connectivity index (χ1v) is 8.48. The van der Waals surface area contributed by atoms with E-state index >= 15 is 0 Å². The summed E-state index contributed by atoms with van der Waals surface area (Å²) in [7, 11) is 0. The Balaban J connectivity index is 1.97. The van der Waals surface area contributed by atoms with E-state index in [9.17, 15) is 0 Å². The zero-order valence-corrected chi connectivity index (χ0v) is 13.1. The SMILES string of the molecule is CCCNC(c1cccnc1)C1CCC(CCC)CC1. The summed E-state index contributed by atoms with van der Waals surface area (Å²) < 4.78 is 0.